The predicted molar refractivity (Wildman–Crippen MR) is 96.5 cm³/mol. The molecule has 2 aromatic rings. The molecule has 124 valence electrons. The molecule has 2 heterocycles. The Labute approximate surface area is 142 Å². The lowest BCUT2D eigenvalue weighted by Gasteiger charge is -2.36. The van der Waals surface area contributed by atoms with E-state index in [9.17, 15) is 0 Å². The van der Waals surface area contributed by atoms with Crippen molar-refractivity contribution in [2.45, 2.75) is 13.8 Å². The third-order valence-electron chi connectivity index (χ3n) is 4.26. The minimum Gasteiger partial charge on any atom is -0.370 e. The third-order valence-corrected chi connectivity index (χ3v) is 4.26. The number of piperazine rings is 1. The molecule has 0 spiro atoms. The Kier molecular flexibility index (Phi) is 4.80. The van der Waals surface area contributed by atoms with E-state index in [0.29, 0.717) is 0 Å². The number of rotatable bonds is 4. The zero-order valence-electron chi connectivity index (χ0n) is 14.2. The standard InChI is InChI=1S/C18H22N6/c1-3-20-17-6-7-21-18(22-17)24-10-8-23(9-11-24)16-5-4-15(13-19)14(2)12-16/h4-7,12H,3,8-11H2,1-2H3,(H,20,21,22). The molecule has 0 amide bonds. The van der Waals surface area contributed by atoms with Crippen molar-refractivity contribution >= 4 is 17.5 Å². The molecule has 1 aliphatic heterocycles. The summed E-state index contributed by atoms with van der Waals surface area (Å²) < 4.78 is 0. The monoisotopic (exact) mass is 322 g/mol. The Hall–Kier alpha value is -2.81. The maximum atomic E-state index is 9.05. The molecule has 24 heavy (non-hydrogen) atoms. The Morgan fingerprint density at radius 3 is 2.58 bits per heavy atom. The van der Waals surface area contributed by atoms with Crippen molar-refractivity contribution in [1.29, 1.82) is 5.26 Å². The predicted octanol–water partition coefficient (Wildman–Crippen LogP) is 2.42. The third kappa shape index (κ3) is 3.40. The Morgan fingerprint density at radius 2 is 1.92 bits per heavy atom. The summed E-state index contributed by atoms with van der Waals surface area (Å²) in [5.41, 5.74) is 2.94. The van der Waals surface area contributed by atoms with Crippen molar-refractivity contribution in [3.63, 3.8) is 0 Å². The van der Waals surface area contributed by atoms with Crippen LogP contribution in [0.15, 0.2) is 30.5 Å². The molecule has 1 saturated heterocycles. The number of aromatic nitrogens is 2. The lowest BCUT2D eigenvalue weighted by molar-refractivity contribution is 0.640. The van der Waals surface area contributed by atoms with Crippen molar-refractivity contribution < 1.29 is 0 Å². The normalized spacial score (nSPS) is 14.4. The van der Waals surface area contributed by atoms with Gasteiger partial charge in [0.1, 0.15) is 5.82 Å². The quantitative estimate of drug-likeness (QED) is 0.932. The highest BCUT2D eigenvalue weighted by molar-refractivity contribution is 5.54. The highest BCUT2D eigenvalue weighted by atomic mass is 15.3. The van der Waals surface area contributed by atoms with Crippen LogP contribution in [0, 0.1) is 18.3 Å². The van der Waals surface area contributed by atoms with Gasteiger partial charge >= 0.3 is 0 Å². The first-order valence-electron chi connectivity index (χ1n) is 8.29. The van der Waals surface area contributed by atoms with Crippen LogP contribution in [0.1, 0.15) is 18.1 Å². The average molecular weight is 322 g/mol. The number of nitrogens with one attached hydrogen (secondary N) is 1. The summed E-state index contributed by atoms with van der Waals surface area (Å²) in [7, 11) is 0. The van der Waals surface area contributed by atoms with Gasteiger partial charge in [0.05, 0.1) is 11.6 Å². The van der Waals surface area contributed by atoms with Crippen LogP contribution in [0.5, 0.6) is 0 Å². The first-order chi connectivity index (χ1) is 11.7. The smallest absolute Gasteiger partial charge is 0.227 e. The van der Waals surface area contributed by atoms with Gasteiger partial charge in [-0.1, -0.05) is 0 Å². The topological polar surface area (TPSA) is 68.1 Å². The highest BCUT2D eigenvalue weighted by Gasteiger charge is 2.19. The van der Waals surface area contributed by atoms with E-state index in [1.54, 1.807) is 6.20 Å². The van der Waals surface area contributed by atoms with Gasteiger partial charge in [-0.25, -0.2) is 4.98 Å². The van der Waals surface area contributed by atoms with Gasteiger partial charge in [-0.2, -0.15) is 10.2 Å². The highest BCUT2D eigenvalue weighted by Crippen LogP contribution is 2.21. The minimum atomic E-state index is 0.742. The maximum Gasteiger partial charge on any atom is 0.227 e. The summed E-state index contributed by atoms with van der Waals surface area (Å²) >= 11 is 0. The van der Waals surface area contributed by atoms with E-state index in [4.69, 9.17) is 5.26 Å². The first-order valence-corrected chi connectivity index (χ1v) is 8.29. The second-order valence-corrected chi connectivity index (χ2v) is 5.86. The van der Waals surface area contributed by atoms with Gasteiger partial charge in [0.2, 0.25) is 5.95 Å². The van der Waals surface area contributed by atoms with Crippen LogP contribution in [0.4, 0.5) is 17.5 Å². The van der Waals surface area contributed by atoms with Crippen LogP contribution < -0.4 is 15.1 Å². The number of hydrogen-bond donors (Lipinski definition) is 1. The number of nitriles is 1. The molecule has 1 N–H and O–H groups in total. The Bertz CT molecular complexity index is 743. The summed E-state index contributed by atoms with van der Waals surface area (Å²) in [4.78, 5) is 13.5. The van der Waals surface area contributed by atoms with E-state index in [1.807, 2.05) is 25.1 Å². The van der Waals surface area contributed by atoms with Crippen molar-refractivity contribution in [2.24, 2.45) is 0 Å². The first kappa shape index (κ1) is 16.1. The molecule has 6 nitrogen and oxygen atoms in total. The van der Waals surface area contributed by atoms with Crippen LogP contribution in [0.2, 0.25) is 0 Å². The van der Waals surface area contributed by atoms with Crippen molar-refractivity contribution in [2.75, 3.05) is 47.8 Å². The van der Waals surface area contributed by atoms with Gasteiger partial charge < -0.3 is 15.1 Å². The molecule has 0 saturated carbocycles. The van der Waals surface area contributed by atoms with Crippen molar-refractivity contribution in [3.05, 3.63) is 41.6 Å². The molecular weight excluding hydrogens is 300 g/mol. The molecule has 1 fully saturated rings. The van der Waals surface area contributed by atoms with Crippen LogP contribution >= 0.6 is 0 Å². The second kappa shape index (κ2) is 7.18. The summed E-state index contributed by atoms with van der Waals surface area (Å²) in [6.07, 6.45) is 1.80. The Morgan fingerprint density at radius 1 is 1.17 bits per heavy atom. The number of aryl methyl sites for hydroxylation is 1. The summed E-state index contributed by atoms with van der Waals surface area (Å²) in [5, 5.41) is 12.3. The van der Waals surface area contributed by atoms with Crippen LogP contribution in [-0.2, 0) is 0 Å². The molecule has 3 rings (SSSR count). The van der Waals surface area contributed by atoms with Gasteiger partial charge in [0.15, 0.2) is 0 Å². The second-order valence-electron chi connectivity index (χ2n) is 5.86. The molecule has 1 aliphatic rings. The van der Waals surface area contributed by atoms with E-state index >= 15 is 0 Å². The molecular formula is C18H22N6. The summed E-state index contributed by atoms with van der Waals surface area (Å²) in [6, 6.07) is 10.1. The molecule has 1 aromatic carbocycles. The van der Waals surface area contributed by atoms with Crippen LogP contribution in [-0.4, -0.2) is 42.7 Å². The zero-order valence-corrected chi connectivity index (χ0v) is 14.2. The van der Waals surface area contributed by atoms with Gasteiger partial charge in [-0.15, -0.1) is 0 Å². The fraction of sp³-hybridized carbons (Fsp3) is 0.389. The molecule has 6 heteroatoms. The lowest BCUT2D eigenvalue weighted by Crippen LogP contribution is -2.47. The Balaban J connectivity index is 1.66. The largest absolute Gasteiger partial charge is 0.370 e. The zero-order chi connectivity index (χ0) is 16.9. The minimum absolute atomic E-state index is 0.742. The summed E-state index contributed by atoms with van der Waals surface area (Å²) in [6.45, 7) is 8.49. The fourth-order valence-corrected chi connectivity index (χ4v) is 2.91. The van der Waals surface area contributed by atoms with E-state index in [1.165, 1.54) is 5.69 Å². The molecule has 0 aliphatic carbocycles. The number of benzene rings is 1. The number of nitrogens with zero attached hydrogens (tertiary/aromatic N) is 5. The van der Waals surface area contributed by atoms with Gasteiger partial charge in [0.25, 0.3) is 0 Å². The van der Waals surface area contributed by atoms with E-state index in [0.717, 1.165) is 55.6 Å². The maximum absolute atomic E-state index is 9.05. The lowest BCUT2D eigenvalue weighted by atomic mass is 10.1. The van der Waals surface area contributed by atoms with Crippen LogP contribution in [0.3, 0.4) is 0 Å². The van der Waals surface area contributed by atoms with Crippen LogP contribution in [0.25, 0.3) is 0 Å². The summed E-state index contributed by atoms with van der Waals surface area (Å²) in [5.74, 6) is 1.65. The number of hydrogen-bond acceptors (Lipinski definition) is 6. The van der Waals surface area contributed by atoms with E-state index in [2.05, 4.69) is 44.1 Å². The SMILES string of the molecule is CCNc1ccnc(N2CCN(c3ccc(C#N)c(C)c3)CC2)n1. The molecule has 1 aromatic heterocycles. The average Bonchev–Trinajstić information content (AvgIpc) is 2.62. The van der Waals surface area contributed by atoms with E-state index in [-0.39, 0.29) is 0 Å². The molecule has 0 bridgehead atoms. The van der Waals surface area contributed by atoms with Gasteiger partial charge in [0, 0.05) is 44.6 Å². The number of anilines is 3. The van der Waals surface area contributed by atoms with Crippen molar-refractivity contribution in [3.8, 4) is 6.07 Å². The molecule has 0 atom stereocenters. The van der Waals surface area contributed by atoms with Gasteiger partial charge in [-0.05, 0) is 43.7 Å². The molecule has 0 radical (unpaired) electrons. The fourth-order valence-electron chi connectivity index (χ4n) is 2.91. The molecule has 0 unspecified atom stereocenters. The van der Waals surface area contributed by atoms with Gasteiger partial charge in [-0.3, -0.25) is 0 Å². The van der Waals surface area contributed by atoms with E-state index < -0.39 is 0 Å². The van der Waals surface area contributed by atoms with Crippen molar-refractivity contribution in [1.82, 2.24) is 9.97 Å².